The number of halogens is 2. The fourth-order valence-corrected chi connectivity index (χ4v) is 4.83. The van der Waals surface area contributed by atoms with E-state index >= 15 is 0 Å². The summed E-state index contributed by atoms with van der Waals surface area (Å²) in [4.78, 5) is 10.5. The lowest BCUT2D eigenvalue weighted by atomic mass is 9.90. The van der Waals surface area contributed by atoms with Crippen molar-refractivity contribution < 1.29 is 18.7 Å². The van der Waals surface area contributed by atoms with Gasteiger partial charge in [0.05, 0.1) is 12.1 Å². The van der Waals surface area contributed by atoms with Crippen molar-refractivity contribution in [3.63, 3.8) is 0 Å². The van der Waals surface area contributed by atoms with Crippen molar-refractivity contribution >= 4 is 28.6 Å². The number of ether oxygens (including phenoxy) is 2. The van der Waals surface area contributed by atoms with Crippen LogP contribution in [0.3, 0.4) is 0 Å². The third-order valence-corrected chi connectivity index (χ3v) is 6.88. The quantitative estimate of drug-likeness (QED) is 0.270. The summed E-state index contributed by atoms with van der Waals surface area (Å²) in [6, 6.07) is 13.1. The van der Waals surface area contributed by atoms with Crippen LogP contribution in [0.2, 0.25) is 5.02 Å². The van der Waals surface area contributed by atoms with Gasteiger partial charge in [0.25, 0.3) is 0 Å². The minimum Gasteiger partial charge on any atom is -0.444 e. The average Bonchev–Trinajstić information content (AvgIpc) is 3.29. The van der Waals surface area contributed by atoms with E-state index in [0.29, 0.717) is 19.7 Å². The molecule has 0 unspecified atom stereocenters. The van der Waals surface area contributed by atoms with E-state index in [1.165, 1.54) is 39.2 Å². The Bertz CT molecular complexity index is 1170. The summed E-state index contributed by atoms with van der Waals surface area (Å²) < 4.78 is 27.1. The molecule has 1 aliphatic rings. The second-order valence-electron chi connectivity index (χ2n) is 11.1. The monoisotopic (exact) mass is 559 g/mol. The Hall–Kier alpha value is -2.61. The number of rotatable bonds is 9. The highest BCUT2D eigenvalue weighted by molar-refractivity contribution is 6.30. The number of carbonyl (C=O) groups excluding carboxylic acids is 1. The van der Waals surface area contributed by atoms with Gasteiger partial charge in [-0.25, -0.2) is 9.18 Å². The van der Waals surface area contributed by atoms with E-state index in [0.717, 1.165) is 46.1 Å². The maximum Gasteiger partial charge on any atom is 0.407 e. The molecule has 1 saturated carbocycles. The van der Waals surface area contributed by atoms with Crippen molar-refractivity contribution in [2.24, 2.45) is 5.92 Å². The van der Waals surface area contributed by atoms with E-state index in [2.05, 4.69) is 21.3 Å². The van der Waals surface area contributed by atoms with Crippen LogP contribution in [0.1, 0.15) is 64.0 Å². The van der Waals surface area contributed by atoms with Crippen molar-refractivity contribution in [1.29, 1.82) is 0 Å². The molecule has 1 amide bonds. The number of hydrogen-bond acceptors (Lipinski definition) is 4. The zero-order chi connectivity index (χ0) is 28.3. The van der Waals surface area contributed by atoms with Gasteiger partial charge < -0.3 is 24.7 Å². The Morgan fingerprint density at radius 1 is 1.10 bits per heavy atom. The van der Waals surface area contributed by atoms with E-state index < -0.39 is 0 Å². The lowest BCUT2D eigenvalue weighted by Gasteiger charge is -2.21. The second-order valence-corrected chi connectivity index (χ2v) is 11.5. The highest BCUT2D eigenvalue weighted by atomic mass is 35.5. The van der Waals surface area contributed by atoms with Gasteiger partial charge >= 0.3 is 6.09 Å². The number of benzene rings is 2. The summed E-state index contributed by atoms with van der Waals surface area (Å²) in [6.07, 6.45) is 8.32. The van der Waals surface area contributed by atoms with Gasteiger partial charge in [-0.2, -0.15) is 0 Å². The smallest absolute Gasteiger partial charge is 0.407 e. The molecule has 0 atom stereocenters. The number of hydrogen-bond donors (Lipinski definition) is 2. The highest BCUT2D eigenvalue weighted by Crippen LogP contribution is 2.25. The summed E-state index contributed by atoms with van der Waals surface area (Å²) in [5.41, 5.74) is 2.64. The van der Waals surface area contributed by atoms with E-state index in [1.54, 1.807) is 12.1 Å². The average molecular weight is 560 g/mol. The second kappa shape index (κ2) is 15.2. The number of carbonyl (C=O) groups is 1. The Balaban J connectivity index is 0.000000403. The van der Waals surface area contributed by atoms with E-state index in [1.807, 2.05) is 51.2 Å². The van der Waals surface area contributed by atoms with Crippen molar-refractivity contribution in [3.05, 3.63) is 70.6 Å². The number of aromatic nitrogens is 1. The first-order chi connectivity index (χ1) is 18.6. The normalized spacial score (nSPS) is 14.1. The van der Waals surface area contributed by atoms with Gasteiger partial charge in [-0.1, -0.05) is 43.0 Å². The predicted octanol–water partition coefficient (Wildman–Crippen LogP) is 7.31. The molecule has 1 fully saturated rings. The molecule has 0 radical (unpaired) electrons. The zero-order valence-corrected chi connectivity index (χ0v) is 24.5. The molecule has 0 saturated heterocycles. The molecule has 0 bridgehead atoms. The van der Waals surface area contributed by atoms with Crippen molar-refractivity contribution in [2.75, 3.05) is 26.8 Å². The molecule has 0 spiro atoms. The van der Waals surface area contributed by atoms with Crippen LogP contribution < -0.4 is 10.6 Å². The molecule has 1 aliphatic carbocycles. The summed E-state index contributed by atoms with van der Waals surface area (Å²) in [5.74, 6) is 0.533. The molecule has 4 rings (SSSR count). The van der Waals surface area contributed by atoms with Crippen LogP contribution in [0.15, 0.2) is 48.7 Å². The lowest BCUT2D eigenvalue weighted by molar-refractivity contribution is 0.0541. The first-order valence-corrected chi connectivity index (χ1v) is 14.2. The SMILES string of the molecule is CNC(=O)OC(C)(C)C.Fc1cc(CNCCOCC2CCCCC2)c2ccn(Cc3ccc(Cl)cc3)c2c1. The fraction of sp³-hybridized carbons (Fsp3) is 0.516. The van der Waals surface area contributed by atoms with Gasteiger partial charge in [0.2, 0.25) is 0 Å². The third-order valence-electron chi connectivity index (χ3n) is 6.63. The third kappa shape index (κ3) is 10.8. The van der Waals surface area contributed by atoms with Crippen LogP contribution in [0.4, 0.5) is 9.18 Å². The number of alkyl carbamates (subject to hydrolysis) is 1. The van der Waals surface area contributed by atoms with Crippen LogP contribution >= 0.6 is 11.6 Å². The van der Waals surface area contributed by atoms with Crippen LogP contribution in [0.25, 0.3) is 10.9 Å². The Kier molecular flexibility index (Phi) is 12.1. The molecule has 214 valence electrons. The first kappa shape index (κ1) is 30.9. The molecule has 8 heteroatoms. The molecule has 2 N–H and O–H groups in total. The van der Waals surface area contributed by atoms with Crippen molar-refractivity contribution in [1.82, 2.24) is 15.2 Å². The maximum absolute atomic E-state index is 14.3. The Labute approximate surface area is 237 Å². The number of amides is 1. The zero-order valence-electron chi connectivity index (χ0n) is 23.7. The predicted molar refractivity (Wildman–Crippen MR) is 157 cm³/mol. The van der Waals surface area contributed by atoms with Crippen molar-refractivity contribution in [2.45, 2.75) is 71.6 Å². The van der Waals surface area contributed by atoms with Gasteiger partial charge in [0, 0.05) is 49.9 Å². The maximum atomic E-state index is 14.3. The molecule has 39 heavy (non-hydrogen) atoms. The minimum absolute atomic E-state index is 0.205. The largest absolute Gasteiger partial charge is 0.444 e. The van der Waals surface area contributed by atoms with E-state index in [9.17, 15) is 9.18 Å². The Morgan fingerprint density at radius 3 is 2.46 bits per heavy atom. The van der Waals surface area contributed by atoms with Gasteiger partial charge in [-0.05, 0) is 81.0 Å². The first-order valence-electron chi connectivity index (χ1n) is 13.9. The molecular formula is C31H43ClFN3O3. The van der Waals surface area contributed by atoms with E-state index in [-0.39, 0.29) is 17.5 Å². The van der Waals surface area contributed by atoms with Gasteiger partial charge in [-0.15, -0.1) is 0 Å². The van der Waals surface area contributed by atoms with Gasteiger partial charge in [-0.3, -0.25) is 0 Å². The number of nitrogens with one attached hydrogen (secondary N) is 2. The van der Waals surface area contributed by atoms with Crippen LogP contribution in [0.5, 0.6) is 0 Å². The van der Waals surface area contributed by atoms with Crippen molar-refractivity contribution in [3.8, 4) is 0 Å². The van der Waals surface area contributed by atoms with Crippen LogP contribution in [0, 0.1) is 11.7 Å². The summed E-state index contributed by atoms with van der Waals surface area (Å²) in [7, 11) is 1.54. The van der Waals surface area contributed by atoms with E-state index in [4.69, 9.17) is 21.1 Å². The minimum atomic E-state index is -0.389. The standard InChI is InChI=1S/C25H30ClFN2O.C6H13NO2/c26-22-8-6-19(7-9-22)17-29-12-10-24-21(14-23(27)15-25(24)29)16-28-11-13-30-18-20-4-2-1-3-5-20;1-6(2,3)9-5(8)7-4/h6-10,12,14-15,20,28H,1-5,11,13,16-18H2;1-4H3,(H,7,8). The summed E-state index contributed by atoms with van der Waals surface area (Å²) in [5, 5.41) is 7.57. The topological polar surface area (TPSA) is 64.5 Å². The lowest BCUT2D eigenvalue weighted by Crippen LogP contribution is -2.30. The Morgan fingerprint density at radius 2 is 1.82 bits per heavy atom. The molecule has 6 nitrogen and oxygen atoms in total. The molecule has 3 aromatic rings. The summed E-state index contributed by atoms with van der Waals surface area (Å²) >= 11 is 5.98. The van der Waals surface area contributed by atoms with Crippen LogP contribution in [-0.4, -0.2) is 43.1 Å². The van der Waals surface area contributed by atoms with Gasteiger partial charge in [0.1, 0.15) is 11.4 Å². The van der Waals surface area contributed by atoms with Crippen LogP contribution in [-0.2, 0) is 22.6 Å². The highest BCUT2D eigenvalue weighted by Gasteiger charge is 2.14. The molecule has 1 heterocycles. The molecular weight excluding hydrogens is 517 g/mol. The molecule has 2 aromatic carbocycles. The number of fused-ring (bicyclic) bond motifs is 1. The molecule has 0 aliphatic heterocycles. The fourth-order valence-electron chi connectivity index (χ4n) is 4.70. The number of nitrogens with zero attached hydrogens (tertiary/aromatic N) is 1. The molecule has 1 aromatic heterocycles. The summed E-state index contributed by atoms with van der Waals surface area (Å²) in [6.45, 7) is 9.13. The van der Waals surface area contributed by atoms with Gasteiger partial charge in [0.15, 0.2) is 0 Å².